The van der Waals surface area contributed by atoms with Gasteiger partial charge in [-0.25, -0.2) is 0 Å². The Kier molecular flexibility index (Phi) is 24.6. The number of rotatable bonds is 0. The van der Waals surface area contributed by atoms with E-state index in [-0.39, 0.29) is 61.2 Å². The van der Waals surface area contributed by atoms with Crippen LogP contribution in [0.15, 0.2) is 0 Å². The third-order valence-electron chi connectivity index (χ3n) is 0.531. The monoisotopic (exact) mass is 376 g/mol. The second kappa shape index (κ2) is 11.8. The van der Waals surface area contributed by atoms with Gasteiger partial charge in [0.15, 0.2) is 0 Å². The molecule has 1 nitrogen and oxygen atoms in total. The van der Waals surface area contributed by atoms with Crippen molar-refractivity contribution in [3.63, 3.8) is 0 Å². The number of thioether (sulfide) groups is 1. The fourth-order valence-corrected chi connectivity index (χ4v) is 0.884. The molecule has 0 saturated carbocycles. The molecule has 1 heterocycles. The molecule has 0 unspecified atom stereocenters. The van der Waals surface area contributed by atoms with Gasteiger partial charge in [0, 0.05) is 38.6 Å². The van der Waals surface area contributed by atoms with Crippen LogP contribution < -0.4 is 5.32 Å². The van der Waals surface area contributed by atoms with Crippen molar-refractivity contribution in [3.8, 4) is 0 Å². The summed E-state index contributed by atoms with van der Waals surface area (Å²) in [5.41, 5.74) is 0. The Morgan fingerprint density at radius 1 is 1.50 bits per heavy atom. The summed E-state index contributed by atoms with van der Waals surface area (Å²) in [6.45, 7) is 1.09. The standard InChI is InChI=1S/C3H6NS.CH3.W.Y/c1-2-5-3-4-1;;;/h2,4H,1,3H2;1H3;;/q2*-1;+2;. The quantitative estimate of drug-likeness (QED) is 0.631. The minimum Gasteiger partial charge on any atom is -0.358 e. The third kappa shape index (κ3) is 8.10. The Balaban J connectivity index is -0.0000000833. The van der Waals surface area contributed by atoms with Crippen molar-refractivity contribution < 1.29 is 53.8 Å². The van der Waals surface area contributed by atoms with Crippen LogP contribution in [0.1, 0.15) is 0 Å². The van der Waals surface area contributed by atoms with Crippen LogP contribution in [0.4, 0.5) is 0 Å². The van der Waals surface area contributed by atoms with Gasteiger partial charge < -0.3 is 24.5 Å². The summed E-state index contributed by atoms with van der Waals surface area (Å²) >= 11 is 1.84. The fourth-order valence-electron chi connectivity index (χ4n) is 0.295. The Morgan fingerprint density at radius 3 is 2.25 bits per heavy atom. The molecule has 1 saturated heterocycles. The van der Waals surface area contributed by atoms with E-state index in [1.54, 1.807) is 0 Å². The van der Waals surface area contributed by atoms with E-state index in [4.69, 9.17) is 0 Å². The van der Waals surface area contributed by atoms with Crippen LogP contribution in [-0.4, -0.2) is 12.4 Å². The zero-order valence-electron chi connectivity index (χ0n) is 4.89. The van der Waals surface area contributed by atoms with Crippen LogP contribution in [0.2, 0.25) is 0 Å². The topological polar surface area (TPSA) is 12.0 Å². The van der Waals surface area contributed by atoms with Crippen LogP contribution in [-0.2, 0) is 53.8 Å². The predicted octanol–water partition coefficient (Wildman–Crippen LogP) is 0.887. The molecule has 4 heteroatoms. The zero-order chi connectivity index (χ0) is 3.54. The molecule has 0 atom stereocenters. The molecule has 1 radical (unpaired) electrons. The molecule has 1 aliphatic rings. The van der Waals surface area contributed by atoms with Crippen LogP contribution in [0.3, 0.4) is 0 Å². The first kappa shape index (κ1) is 16.6. The zero-order valence-corrected chi connectivity index (χ0v) is 11.5. The smallest absolute Gasteiger partial charge is 0.358 e. The van der Waals surface area contributed by atoms with Crippen molar-refractivity contribution >= 4 is 11.8 Å². The Hall–Kier alpha value is 2.10. The molecule has 45 valence electrons. The van der Waals surface area contributed by atoms with Crippen molar-refractivity contribution in [2.24, 2.45) is 0 Å². The summed E-state index contributed by atoms with van der Waals surface area (Å²) in [7, 11) is 0. The Labute approximate surface area is 95.3 Å². The maximum atomic E-state index is 3.13. The second-order valence-electron chi connectivity index (χ2n) is 0.932. The first-order chi connectivity index (χ1) is 2.50. The molecule has 0 aliphatic carbocycles. The summed E-state index contributed by atoms with van der Waals surface area (Å²) in [5.74, 6) is 3.28. The van der Waals surface area contributed by atoms with E-state index in [1.807, 2.05) is 11.8 Å². The van der Waals surface area contributed by atoms with Crippen molar-refractivity contribution in [1.29, 1.82) is 0 Å². The number of hydrogen-bond donors (Lipinski definition) is 1. The van der Waals surface area contributed by atoms with Gasteiger partial charge in [0.2, 0.25) is 0 Å². The van der Waals surface area contributed by atoms with E-state index < -0.39 is 0 Å². The van der Waals surface area contributed by atoms with E-state index >= 15 is 0 Å². The maximum absolute atomic E-state index is 3.13. The van der Waals surface area contributed by atoms with Crippen LogP contribution in [0.5, 0.6) is 0 Å². The van der Waals surface area contributed by atoms with Crippen molar-refractivity contribution in [2.45, 2.75) is 0 Å². The average Bonchev–Trinajstić information content (AvgIpc) is 1.76. The van der Waals surface area contributed by atoms with E-state index in [1.165, 1.54) is 0 Å². The van der Waals surface area contributed by atoms with Gasteiger partial charge in [0.05, 0.1) is 0 Å². The minimum atomic E-state index is 0. The van der Waals surface area contributed by atoms with E-state index in [0.717, 1.165) is 12.4 Å². The van der Waals surface area contributed by atoms with Gasteiger partial charge in [-0.05, 0) is 0 Å². The molecule has 1 fully saturated rings. The summed E-state index contributed by atoms with van der Waals surface area (Å²) in [6, 6.07) is 0. The van der Waals surface area contributed by atoms with E-state index in [2.05, 4.69) is 11.1 Å². The van der Waals surface area contributed by atoms with E-state index in [9.17, 15) is 0 Å². The number of nitrogens with one attached hydrogen (secondary N) is 1. The molecule has 1 N–H and O–H groups in total. The molecule has 1 rings (SSSR count). The van der Waals surface area contributed by atoms with Gasteiger partial charge in [-0.3, -0.25) is 5.75 Å². The van der Waals surface area contributed by atoms with Gasteiger partial charge >= 0.3 is 21.1 Å². The van der Waals surface area contributed by atoms with Crippen LogP contribution in [0, 0.1) is 13.2 Å². The molecule has 0 bridgehead atoms. The van der Waals surface area contributed by atoms with Crippen LogP contribution >= 0.6 is 11.8 Å². The minimum absolute atomic E-state index is 0. The van der Waals surface area contributed by atoms with Gasteiger partial charge in [-0.15, -0.1) is 6.54 Å². The third-order valence-corrected chi connectivity index (χ3v) is 1.30. The summed E-state index contributed by atoms with van der Waals surface area (Å²) < 4.78 is 0. The van der Waals surface area contributed by atoms with E-state index in [0.29, 0.717) is 0 Å². The Bertz CT molecular complexity index is 27.6. The van der Waals surface area contributed by atoms with Gasteiger partial charge in [0.1, 0.15) is 0 Å². The van der Waals surface area contributed by atoms with Crippen molar-refractivity contribution in [1.82, 2.24) is 5.32 Å². The fraction of sp³-hybridized carbons (Fsp3) is 0.500. The molecule has 0 aromatic heterocycles. The largest absolute Gasteiger partial charge is 2.00 e. The summed E-state index contributed by atoms with van der Waals surface area (Å²) in [4.78, 5) is 0. The molecule has 0 spiro atoms. The molecular formula is C4H9NSWY. The maximum Gasteiger partial charge on any atom is 2.00 e. The molecule has 8 heavy (non-hydrogen) atoms. The second-order valence-corrected chi connectivity index (χ2v) is 1.89. The average molecular weight is 376 g/mol. The summed E-state index contributed by atoms with van der Waals surface area (Å²) in [6.07, 6.45) is 0. The van der Waals surface area contributed by atoms with Gasteiger partial charge in [-0.2, -0.15) is 0 Å². The molecule has 0 amide bonds. The molecule has 1 aliphatic heterocycles. The van der Waals surface area contributed by atoms with Gasteiger partial charge in [-0.1, -0.05) is 0 Å². The van der Waals surface area contributed by atoms with Crippen molar-refractivity contribution in [2.75, 3.05) is 12.4 Å². The van der Waals surface area contributed by atoms with Gasteiger partial charge in [0.25, 0.3) is 0 Å². The molecule has 0 aromatic rings. The predicted molar refractivity (Wildman–Crippen MR) is 31.2 cm³/mol. The molecule has 0 aromatic carbocycles. The first-order valence-electron chi connectivity index (χ1n) is 1.64. The van der Waals surface area contributed by atoms with Crippen molar-refractivity contribution in [3.05, 3.63) is 13.2 Å². The number of hydrogen-bond acceptors (Lipinski definition) is 2. The van der Waals surface area contributed by atoms with Crippen LogP contribution in [0.25, 0.3) is 0 Å². The first-order valence-corrected chi connectivity index (χ1v) is 2.69. The SMILES string of the molecule is [CH-]1CNCS1.[CH3-].[W+2].[Y]. The normalized spacial score (nSPS) is 15.0. The Morgan fingerprint density at radius 2 is 2.12 bits per heavy atom. The molecular weight excluding hydrogens is 367 g/mol. The summed E-state index contributed by atoms with van der Waals surface area (Å²) in [5, 5.41) is 3.13.